The summed E-state index contributed by atoms with van der Waals surface area (Å²) in [7, 11) is -4.53. The van der Waals surface area contributed by atoms with Gasteiger partial charge in [-0.05, 0) is 72.1 Å². The van der Waals surface area contributed by atoms with E-state index in [9.17, 15) is 0 Å². The highest BCUT2D eigenvalue weighted by molar-refractivity contribution is 7.98. The molecule has 3 nitrogen and oxygen atoms in total. The van der Waals surface area contributed by atoms with Crippen LogP contribution in [0.3, 0.4) is 0 Å². The lowest BCUT2D eigenvalue weighted by atomic mass is 9.53. The van der Waals surface area contributed by atoms with Gasteiger partial charge in [-0.2, -0.15) is 11.8 Å². The maximum absolute atomic E-state index is 15.1. The van der Waals surface area contributed by atoms with Gasteiger partial charge in [-0.3, -0.25) is 4.79 Å². The first-order chi connectivity index (χ1) is 15.9. The standard InChI is InChI=1S/C29H46O3SSi2/c1-26(2,3)34(8,9)31-28-17-16-23(22-18-20-14-12-13-15-21(20)24(22)28)29(19-33-7,25(28)30)32-35(10,11)27(4,5)6/h12-17,22-24H,18-19H2,1-11H3/t22-,23+,24-,28+,29-/m0/s1. The molecule has 0 radical (unpaired) electrons. The number of benzene rings is 1. The van der Waals surface area contributed by atoms with E-state index < -0.39 is 27.8 Å². The van der Waals surface area contributed by atoms with Crippen LogP contribution in [0, 0.1) is 11.8 Å². The van der Waals surface area contributed by atoms with E-state index in [1.807, 2.05) is 0 Å². The molecule has 6 heteroatoms. The Kier molecular flexibility index (Phi) is 6.58. The Morgan fingerprint density at radius 3 is 2.11 bits per heavy atom. The van der Waals surface area contributed by atoms with Crippen LogP contribution in [0.25, 0.3) is 0 Å². The van der Waals surface area contributed by atoms with Gasteiger partial charge in [0.25, 0.3) is 0 Å². The Hall–Kier alpha value is -0.666. The van der Waals surface area contributed by atoms with Crippen molar-refractivity contribution in [1.29, 1.82) is 0 Å². The molecule has 5 atom stereocenters. The molecule has 0 saturated heterocycles. The van der Waals surface area contributed by atoms with Crippen LogP contribution in [0.5, 0.6) is 0 Å². The van der Waals surface area contributed by atoms with E-state index in [0.29, 0.717) is 11.7 Å². The molecule has 0 N–H and O–H groups in total. The van der Waals surface area contributed by atoms with Crippen molar-refractivity contribution >= 4 is 34.2 Å². The highest BCUT2D eigenvalue weighted by Gasteiger charge is 2.72. The molecule has 2 bridgehead atoms. The Balaban J connectivity index is 1.94. The fourth-order valence-corrected chi connectivity index (χ4v) is 9.92. The van der Waals surface area contributed by atoms with E-state index in [-0.39, 0.29) is 27.7 Å². The lowest BCUT2D eigenvalue weighted by Gasteiger charge is -2.62. The van der Waals surface area contributed by atoms with Crippen LogP contribution < -0.4 is 0 Å². The molecule has 1 aromatic rings. The molecule has 0 unspecified atom stereocenters. The van der Waals surface area contributed by atoms with Crippen LogP contribution in [-0.4, -0.2) is 45.6 Å². The quantitative estimate of drug-likeness (QED) is 0.280. The molecular weight excluding hydrogens is 485 g/mol. The summed E-state index contributed by atoms with van der Waals surface area (Å²) in [6, 6.07) is 8.75. The van der Waals surface area contributed by atoms with E-state index in [1.54, 1.807) is 11.8 Å². The average molecular weight is 531 g/mol. The minimum atomic E-state index is -2.29. The van der Waals surface area contributed by atoms with Gasteiger partial charge in [-0.15, -0.1) is 0 Å². The summed E-state index contributed by atoms with van der Waals surface area (Å²) in [6.45, 7) is 22.7. The van der Waals surface area contributed by atoms with Gasteiger partial charge in [0.2, 0.25) is 0 Å². The fraction of sp³-hybridized carbons (Fsp3) is 0.690. The van der Waals surface area contributed by atoms with Crippen molar-refractivity contribution < 1.29 is 13.6 Å². The predicted octanol–water partition coefficient (Wildman–Crippen LogP) is 7.60. The number of thioether (sulfide) groups is 1. The molecule has 1 aromatic carbocycles. The number of carbonyl (C=O) groups excluding carboxylic acids is 1. The van der Waals surface area contributed by atoms with Crippen LogP contribution >= 0.6 is 11.8 Å². The number of ketones is 1. The van der Waals surface area contributed by atoms with Gasteiger partial charge in [-0.25, -0.2) is 0 Å². The van der Waals surface area contributed by atoms with Gasteiger partial charge >= 0.3 is 0 Å². The second-order valence-corrected chi connectivity index (χ2v) is 24.4. The normalized spacial score (nSPS) is 32.7. The summed E-state index contributed by atoms with van der Waals surface area (Å²) in [5, 5.41) is 0.0187. The zero-order chi connectivity index (χ0) is 26.2. The van der Waals surface area contributed by atoms with Crippen molar-refractivity contribution in [3.05, 3.63) is 47.5 Å². The highest BCUT2D eigenvalue weighted by atomic mass is 32.2. The molecule has 0 aliphatic heterocycles. The number of hydrogen-bond acceptors (Lipinski definition) is 4. The molecule has 4 aliphatic carbocycles. The Labute approximate surface area is 220 Å². The smallest absolute Gasteiger partial charge is 0.200 e. The summed E-state index contributed by atoms with van der Waals surface area (Å²) in [5.41, 5.74) is 0.874. The number of carbonyl (C=O) groups is 1. The second-order valence-electron chi connectivity index (χ2n) is 14.1. The Morgan fingerprint density at radius 2 is 1.54 bits per heavy atom. The number of Topliss-reactive ketones (excluding diaryl/α,β-unsaturated/α-hetero) is 1. The molecule has 1 saturated carbocycles. The van der Waals surface area contributed by atoms with E-state index >= 15 is 4.79 Å². The van der Waals surface area contributed by atoms with Crippen LogP contribution in [0.4, 0.5) is 0 Å². The van der Waals surface area contributed by atoms with E-state index in [1.165, 1.54) is 11.1 Å². The first-order valence-electron chi connectivity index (χ1n) is 13.1. The lowest BCUT2D eigenvalue weighted by molar-refractivity contribution is -0.168. The largest absolute Gasteiger partial charge is 0.403 e. The van der Waals surface area contributed by atoms with Crippen molar-refractivity contribution in [1.82, 2.24) is 0 Å². The molecule has 194 valence electrons. The topological polar surface area (TPSA) is 35.5 Å². The zero-order valence-electron chi connectivity index (χ0n) is 23.7. The Morgan fingerprint density at radius 1 is 0.971 bits per heavy atom. The average Bonchev–Trinajstić information content (AvgIpc) is 3.11. The van der Waals surface area contributed by atoms with Crippen LogP contribution in [0.2, 0.25) is 36.3 Å². The zero-order valence-corrected chi connectivity index (χ0v) is 26.6. The molecule has 4 aliphatic rings. The second kappa shape index (κ2) is 8.42. The molecule has 35 heavy (non-hydrogen) atoms. The number of rotatable bonds is 6. The van der Waals surface area contributed by atoms with Crippen LogP contribution in [0.15, 0.2) is 36.4 Å². The summed E-state index contributed by atoms with van der Waals surface area (Å²) in [6.07, 6.45) is 7.59. The maximum atomic E-state index is 15.1. The summed E-state index contributed by atoms with van der Waals surface area (Å²) >= 11 is 1.74. The third-order valence-electron chi connectivity index (χ3n) is 9.86. The van der Waals surface area contributed by atoms with Crippen molar-refractivity contribution in [3.8, 4) is 0 Å². The van der Waals surface area contributed by atoms with Crippen molar-refractivity contribution in [2.45, 2.75) is 101 Å². The molecule has 0 spiro atoms. The third kappa shape index (κ3) is 4.01. The van der Waals surface area contributed by atoms with Gasteiger partial charge < -0.3 is 8.85 Å². The lowest BCUT2D eigenvalue weighted by Crippen LogP contribution is -2.74. The van der Waals surface area contributed by atoms with E-state index in [2.05, 4.69) is 110 Å². The van der Waals surface area contributed by atoms with E-state index in [4.69, 9.17) is 8.85 Å². The molecule has 0 aromatic heterocycles. The molecule has 0 heterocycles. The SMILES string of the molecule is CSC[C@@]1(O[Si](C)(C)C(C)(C)C)C(=O)[C@@]2(O[Si](C)(C)C(C)(C)C)C=C[C@@H]1[C@@H]1Cc3ccccc3[C@@H]12. The maximum Gasteiger partial charge on any atom is 0.200 e. The minimum Gasteiger partial charge on any atom is -0.403 e. The molecule has 1 fully saturated rings. The molecular formula is C29H46O3SSi2. The number of hydrogen-bond donors (Lipinski definition) is 0. The van der Waals surface area contributed by atoms with Gasteiger partial charge in [0.05, 0.1) is 0 Å². The van der Waals surface area contributed by atoms with Crippen LogP contribution in [0.1, 0.15) is 58.6 Å². The monoisotopic (exact) mass is 530 g/mol. The number of fused-ring (bicyclic) bond motifs is 2. The van der Waals surface area contributed by atoms with Gasteiger partial charge in [0.15, 0.2) is 22.4 Å². The van der Waals surface area contributed by atoms with E-state index in [0.717, 1.165) is 6.42 Å². The van der Waals surface area contributed by atoms with Gasteiger partial charge in [-0.1, -0.05) is 71.9 Å². The third-order valence-corrected chi connectivity index (χ3v) is 19.5. The van der Waals surface area contributed by atoms with Crippen molar-refractivity contribution in [3.63, 3.8) is 0 Å². The summed E-state index contributed by atoms with van der Waals surface area (Å²) in [4.78, 5) is 15.1. The highest BCUT2D eigenvalue weighted by Crippen LogP contribution is 2.63. The van der Waals surface area contributed by atoms with Crippen LogP contribution in [-0.2, 0) is 20.1 Å². The molecule has 5 rings (SSSR count). The minimum absolute atomic E-state index is 0.000237. The first kappa shape index (κ1) is 27.4. The summed E-state index contributed by atoms with van der Waals surface area (Å²) in [5.74, 6) is 1.30. The fourth-order valence-electron chi connectivity index (χ4n) is 6.05. The predicted molar refractivity (Wildman–Crippen MR) is 154 cm³/mol. The first-order valence-corrected chi connectivity index (χ1v) is 20.4. The van der Waals surface area contributed by atoms with Crippen molar-refractivity contribution in [2.24, 2.45) is 11.8 Å². The summed E-state index contributed by atoms with van der Waals surface area (Å²) < 4.78 is 14.6. The van der Waals surface area contributed by atoms with Gasteiger partial charge in [0, 0.05) is 17.6 Å². The molecule has 0 amide bonds. The van der Waals surface area contributed by atoms with Gasteiger partial charge in [0.1, 0.15) is 11.2 Å². The Bertz CT molecular complexity index is 1040. The van der Waals surface area contributed by atoms with Crippen molar-refractivity contribution in [2.75, 3.05) is 12.0 Å².